The predicted octanol–water partition coefficient (Wildman–Crippen LogP) is 1.10. The highest BCUT2D eigenvalue weighted by atomic mass is 35.5. The second kappa shape index (κ2) is 3.86. The fourth-order valence-electron chi connectivity index (χ4n) is 1.21. The largest absolute Gasteiger partial charge is 0.469 e. The van der Waals surface area contributed by atoms with E-state index in [9.17, 15) is 4.79 Å². The van der Waals surface area contributed by atoms with Crippen molar-refractivity contribution < 1.29 is 9.53 Å². The van der Waals surface area contributed by atoms with Gasteiger partial charge in [0.25, 0.3) is 0 Å². The maximum atomic E-state index is 11.0. The van der Waals surface area contributed by atoms with Crippen LogP contribution in [-0.2, 0) is 16.0 Å². The number of hydrogen-bond acceptors (Lipinski definition) is 4. The van der Waals surface area contributed by atoms with Crippen molar-refractivity contribution in [2.75, 3.05) is 7.11 Å². The van der Waals surface area contributed by atoms with Crippen LogP contribution in [0.4, 0.5) is 0 Å². The molecule has 0 fully saturated rings. The Kier molecular flexibility index (Phi) is 2.55. The first-order valence-corrected chi connectivity index (χ1v) is 4.64. The van der Waals surface area contributed by atoms with Gasteiger partial charge in [-0.15, -0.1) is 0 Å². The number of imidazole rings is 1. The third-order valence-corrected chi connectivity index (χ3v) is 2.09. The monoisotopic (exact) mass is 225 g/mol. The zero-order valence-electron chi connectivity index (χ0n) is 7.98. The standard InChI is InChI=1S/C9H8ClN3O2/c1-15-9(14)4-6-5-13-8(11-6)3-2-7(10)12-13/h2-3,5H,4H2,1H3. The third kappa shape index (κ3) is 2.07. The number of carbonyl (C=O) groups is 1. The van der Waals surface area contributed by atoms with Crippen LogP contribution >= 0.6 is 11.6 Å². The normalized spacial score (nSPS) is 10.5. The molecule has 0 aliphatic heterocycles. The zero-order valence-corrected chi connectivity index (χ0v) is 8.73. The Morgan fingerprint density at radius 1 is 1.60 bits per heavy atom. The highest BCUT2D eigenvalue weighted by Crippen LogP contribution is 2.08. The Morgan fingerprint density at radius 2 is 2.40 bits per heavy atom. The molecule has 0 aromatic carbocycles. The smallest absolute Gasteiger partial charge is 0.311 e. The van der Waals surface area contributed by atoms with Gasteiger partial charge in [-0.25, -0.2) is 9.50 Å². The van der Waals surface area contributed by atoms with Gasteiger partial charge >= 0.3 is 5.97 Å². The van der Waals surface area contributed by atoms with Crippen LogP contribution in [0.25, 0.3) is 5.65 Å². The average molecular weight is 226 g/mol. The Bertz CT molecular complexity index is 509. The van der Waals surface area contributed by atoms with Gasteiger partial charge in [0.05, 0.1) is 25.4 Å². The molecule has 0 N–H and O–H groups in total. The molecule has 0 saturated carbocycles. The molecular formula is C9H8ClN3O2. The summed E-state index contributed by atoms with van der Waals surface area (Å²) in [5, 5.41) is 4.38. The minimum absolute atomic E-state index is 0.136. The first-order valence-electron chi connectivity index (χ1n) is 4.26. The first kappa shape index (κ1) is 9.92. The number of methoxy groups -OCH3 is 1. The van der Waals surface area contributed by atoms with Crippen molar-refractivity contribution >= 4 is 23.2 Å². The van der Waals surface area contributed by atoms with Gasteiger partial charge in [0.1, 0.15) is 5.15 Å². The van der Waals surface area contributed by atoms with Crippen LogP contribution in [0.1, 0.15) is 5.69 Å². The maximum absolute atomic E-state index is 11.0. The van der Waals surface area contributed by atoms with Crippen molar-refractivity contribution in [2.24, 2.45) is 0 Å². The van der Waals surface area contributed by atoms with E-state index in [0.29, 0.717) is 16.5 Å². The molecule has 5 nitrogen and oxygen atoms in total. The van der Waals surface area contributed by atoms with Crippen molar-refractivity contribution in [2.45, 2.75) is 6.42 Å². The van der Waals surface area contributed by atoms with E-state index in [1.165, 1.54) is 11.6 Å². The van der Waals surface area contributed by atoms with Crippen molar-refractivity contribution in [3.63, 3.8) is 0 Å². The fraction of sp³-hybridized carbons (Fsp3) is 0.222. The van der Waals surface area contributed by atoms with Gasteiger partial charge in [0.2, 0.25) is 0 Å². The summed E-state index contributed by atoms with van der Waals surface area (Å²) in [6.07, 6.45) is 1.79. The Balaban J connectivity index is 2.34. The van der Waals surface area contributed by atoms with E-state index < -0.39 is 0 Å². The van der Waals surface area contributed by atoms with E-state index in [1.807, 2.05) is 0 Å². The number of nitrogens with zero attached hydrogens (tertiary/aromatic N) is 3. The molecule has 2 heterocycles. The summed E-state index contributed by atoms with van der Waals surface area (Å²) in [6.45, 7) is 0. The lowest BCUT2D eigenvalue weighted by Crippen LogP contribution is -2.04. The zero-order chi connectivity index (χ0) is 10.8. The molecule has 0 amide bonds. The molecular weight excluding hydrogens is 218 g/mol. The molecule has 0 aliphatic rings. The molecule has 2 aromatic rings. The summed E-state index contributed by atoms with van der Waals surface area (Å²) in [5.74, 6) is -0.329. The second-order valence-corrected chi connectivity index (χ2v) is 3.33. The van der Waals surface area contributed by atoms with Crippen LogP contribution in [0.15, 0.2) is 18.3 Å². The SMILES string of the molecule is COC(=O)Cc1cn2nc(Cl)ccc2n1. The van der Waals surface area contributed by atoms with Crippen LogP contribution in [0.2, 0.25) is 5.15 Å². The van der Waals surface area contributed by atoms with Crippen LogP contribution in [0, 0.1) is 0 Å². The Labute approximate surface area is 90.6 Å². The first-order chi connectivity index (χ1) is 7.19. The predicted molar refractivity (Wildman–Crippen MR) is 53.7 cm³/mol. The van der Waals surface area contributed by atoms with E-state index >= 15 is 0 Å². The number of ether oxygens (including phenoxy) is 1. The van der Waals surface area contributed by atoms with Gasteiger partial charge in [0.15, 0.2) is 5.65 Å². The molecule has 0 unspecified atom stereocenters. The third-order valence-electron chi connectivity index (χ3n) is 1.89. The number of aromatic nitrogens is 3. The van der Waals surface area contributed by atoms with Crippen LogP contribution in [0.5, 0.6) is 0 Å². The quantitative estimate of drug-likeness (QED) is 0.719. The van der Waals surface area contributed by atoms with Gasteiger partial charge in [-0.3, -0.25) is 4.79 Å². The van der Waals surface area contributed by atoms with Gasteiger partial charge < -0.3 is 4.74 Å². The lowest BCUT2D eigenvalue weighted by Gasteiger charge is -1.92. The Hall–Kier alpha value is -1.62. The molecule has 0 bridgehead atoms. The summed E-state index contributed by atoms with van der Waals surface area (Å²) < 4.78 is 6.07. The van der Waals surface area contributed by atoms with Gasteiger partial charge in [-0.05, 0) is 12.1 Å². The topological polar surface area (TPSA) is 56.5 Å². The van der Waals surface area contributed by atoms with E-state index in [0.717, 1.165) is 0 Å². The molecule has 0 aliphatic carbocycles. The molecule has 2 aromatic heterocycles. The van der Waals surface area contributed by atoms with Crippen molar-refractivity contribution in [1.29, 1.82) is 0 Å². The fourth-order valence-corrected chi connectivity index (χ4v) is 1.36. The van der Waals surface area contributed by atoms with E-state index in [-0.39, 0.29) is 12.4 Å². The molecule has 78 valence electrons. The minimum atomic E-state index is -0.329. The molecule has 0 radical (unpaired) electrons. The summed E-state index contributed by atoms with van der Waals surface area (Å²) >= 11 is 5.71. The lowest BCUT2D eigenvalue weighted by molar-refractivity contribution is -0.139. The van der Waals surface area contributed by atoms with Crippen molar-refractivity contribution in [1.82, 2.24) is 14.6 Å². The number of hydrogen-bond donors (Lipinski definition) is 0. The van der Waals surface area contributed by atoms with Crippen molar-refractivity contribution in [3.05, 3.63) is 29.2 Å². The molecule has 6 heteroatoms. The minimum Gasteiger partial charge on any atom is -0.469 e. The number of rotatable bonds is 2. The van der Waals surface area contributed by atoms with Gasteiger partial charge in [-0.1, -0.05) is 11.6 Å². The highest BCUT2D eigenvalue weighted by molar-refractivity contribution is 6.29. The van der Waals surface area contributed by atoms with Crippen LogP contribution < -0.4 is 0 Å². The van der Waals surface area contributed by atoms with Gasteiger partial charge in [-0.2, -0.15) is 5.10 Å². The maximum Gasteiger partial charge on any atom is 0.311 e. The number of carbonyl (C=O) groups excluding carboxylic acids is 1. The summed E-state index contributed by atoms with van der Waals surface area (Å²) in [6, 6.07) is 3.38. The van der Waals surface area contributed by atoms with E-state index in [2.05, 4.69) is 14.8 Å². The van der Waals surface area contributed by atoms with Crippen molar-refractivity contribution in [3.8, 4) is 0 Å². The number of esters is 1. The average Bonchev–Trinajstić information content (AvgIpc) is 2.59. The molecule has 2 rings (SSSR count). The molecule has 0 spiro atoms. The summed E-state index contributed by atoms with van der Waals surface area (Å²) in [4.78, 5) is 15.2. The molecule has 0 saturated heterocycles. The number of fused-ring (bicyclic) bond motifs is 1. The number of halogens is 1. The summed E-state index contributed by atoms with van der Waals surface area (Å²) in [5.41, 5.74) is 1.26. The van der Waals surface area contributed by atoms with Crippen LogP contribution in [0.3, 0.4) is 0 Å². The highest BCUT2D eigenvalue weighted by Gasteiger charge is 2.07. The second-order valence-electron chi connectivity index (χ2n) is 2.94. The molecule has 15 heavy (non-hydrogen) atoms. The lowest BCUT2D eigenvalue weighted by atomic mass is 10.3. The summed E-state index contributed by atoms with van der Waals surface area (Å²) in [7, 11) is 1.34. The van der Waals surface area contributed by atoms with Gasteiger partial charge in [0, 0.05) is 0 Å². The van der Waals surface area contributed by atoms with E-state index in [4.69, 9.17) is 11.6 Å². The van der Waals surface area contributed by atoms with E-state index in [1.54, 1.807) is 18.3 Å². The molecule has 0 atom stereocenters. The van der Waals surface area contributed by atoms with Crippen LogP contribution in [-0.4, -0.2) is 27.7 Å². The Morgan fingerprint density at radius 3 is 3.13 bits per heavy atom.